The molecule has 0 amide bonds. The zero-order valence-corrected chi connectivity index (χ0v) is 11.5. The number of likely N-dealkylation sites (N-methyl/N-ethyl adjacent to an activating group) is 2. The summed E-state index contributed by atoms with van der Waals surface area (Å²) in [5, 5.41) is 3.72. The molecular formula is C13H28N4. The molecule has 2 aliphatic rings. The molecule has 4 nitrogen and oxygen atoms in total. The highest BCUT2D eigenvalue weighted by Crippen LogP contribution is 2.06. The summed E-state index contributed by atoms with van der Waals surface area (Å²) in [5.74, 6) is 0. The number of rotatable bonds is 0. The van der Waals surface area contributed by atoms with Crippen molar-refractivity contribution in [1.82, 2.24) is 20.0 Å². The highest BCUT2D eigenvalue weighted by Gasteiger charge is 2.18. The molecule has 0 aliphatic carbocycles. The van der Waals surface area contributed by atoms with Crippen LogP contribution in [0.2, 0.25) is 0 Å². The maximum absolute atomic E-state index is 3.72. The summed E-state index contributed by atoms with van der Waals surface area (Å²) in [7, 11) is 4.50. The minimum atomic E-state index is 0.673. The van der Waals surface area contributed by atoms with Crippen LogP contribution in [0.25, 0.3) is 0 Å². The van der Waals surface area contributed by atoms with Crippen LogP contribution < -0.4 is 5.32 Å². The normalized spacial score (nSPS) is 34.9. The van der Waals surface area contributed by atoms with Crippen molar-refractivity contribution in [3.8, 4) is 0 Å². The Morgan fingerprint density at radius 2 is 1.76 bits per heavy atom. The van der Waals surface area contributed by atoms with Gasteiger partial charge in [0.2, 0.25) is 0 Å². The predicted molar refractivity (Wildman–Crippen MR) is 72.5 cm³/mol. The van der Waals surface area contributed by atoms with Gasteiger partial charge in [-0.25, -0.2) is 0 Å². The Morgan fingerprint density at radius 1 is 0.882 bits per heavy atom. The molecule has 100 valence electrons. The second-order valence-electron chi connectivity index (χ2n) is 5.70. The van der Waals surface area contributed by atoms with Crippen LogP contribution in [0.3, 0.4) is 0 Å². The molecule has 0 aromatic heterocycles. The fourth-order valence-corrected chi connectivity index (χ4v) is 2.85. The van der Waals surface area contributed by atoms with E-state index in [-0.39, 0.29) is 0 Å². The first-order valence-corrected chi connectivity index (χ1v) is 7.07. The number of hydrogen-bond donors (Lipinski definition) is 1. The highest BCUT2D eigenvalue weighted by molar-refractivity contribution is 4.77. The van der Waals surface area contributed by atoms with Crippen LogP contribution in [0, 0.1) is 0 Å². The Morgan fingerprint density at radius 3 is 2.65 bits per heavy atom. The molecule has 17 heavy (non-hydrogen) atoms. The molecule has 2 bridgehead atoms. The lowest BCUT2D eigenvalue weighted by Gasteiger charge is -2.29. The van der Waals surface area contributed by atoms with Gasteiger partial charge in [0.15, 0.2) is 0 Å². The average Bonchev–Trinajstić information content (AvgIpc) is 2.38. The minimum Gasteiger partial charge on any atom is -0.311 e. The summed E-state index contributed by atoms with van der Waals surface area (Å²) in [5.41, 5.74) is 0. The zero-order chi connectivity index (χ0) is 12.1. The first kappa shape index (κ1) is 13.3. The standard InChI is InChI=1S/C13H28N4/c1-15-9-5-14-13-4-8-17(11-10-15)7-3-6-16(2)12-13/h13-14H,3-12H2,1-2H3. The van der Waals surface area contributed by atoms with E-state index in [1.54, 1.807) is 0 Å². The number of fused-ring (bicyclic) bond motifs is 3. The molecule has 2 unspecified atom stereocenters. The van der Waals surface area contributed by atoms with E-state index in [1.165, 1.54) is 58.7 Å². The zero-order valence-electron chi connectivity index (χ0n) is 11.5. The first-order valence-electron chi connectivity index (χ1n) is 7.07. The molecule has 2 heterocycles. The topological polar surface area (TPSA) is 21.8 Å². The molecule has 2 saturated heterocycles. The molecule has 1 N–H and O–H groups in total. The second kappa shape index (κ2) is 6.69. The van der Waals surface area contributed by atoms with E-state index >= 15 is 0 Å². The Kier molecular flexibility index (Phi) is 5.22. The van der Waals surface area contributed by atoms with Crippen LogP contribution in [0.1, 0.15) is 12.8 Å². The Bertz CT molecular complexity index is 221. The van der Waals surface area contributed by atoms with Gasteiger partial charge >= 0.3 is 0 Å². The third-order valence-corrected chi connectivity index (χ3v) is 4.06. The van der Waals surface area contributed by atoms with Crippen molar-refractivity contribution in [2.45, 2.75) is 18.9 Å². The summed E-state index contributed by atoms with van der Waals surface area (Å²) < 4.78 is 0. The fourth-order valence-electron chi connectivity index (χ4n) is 2.85. The quantitative estimate of drug-likeness (QED) is 0.639. The largest absolute Gasteiger partial charge is 0.311 e. The molecule has 4 heteroatoms. The van der Waals surface area contributed by atoms with Crippen molar-refractivity contribution in [3.05, 3.63) is 0 Å². The van der Waals surface area contributed by atoms with Gasteiger partial charge in [0, 0.05) is 38.8 Å². The number of nitrogens with zero attached hydrogens (tertiary/aromatic N) is 3. The van der Waals surface area contributed by atoms with Gasteiger partial charge in [-0.2, -0.15) is 0 Å². The van der Waals surface area contributed by atoms with Gasteiger partial charge in [-0.3, -0.25) is 0 Å². The van der Waals surface area contributed by atoms with Gasteiger partial charge in [0.05, 0.1) is 0 Å². The predicted octanol–water partition coefficient (Wildman–Crippen LogP) is -0.0824. The van der Waals surface area contributed by atoms with Gasteiger partial charge in [0.1, 0.15) is 0 Å². The average molecular weight is 240 g/mol. The van der Waals surface area contributed by atoms with Crippen molar-refractivity contribution >= 4 is 0 Å². The summed E-state index contributed by atoms with van der Waals surface area (Å²) in [6.45, 7) is 9.74. The van der Waals surface area contributed by atoms with Crippen molar-refractivity contribution in [2.24, 2.45) is 0 Å². The van der Waals surface area contributed by atoms with Crippen molar-refractivity contribution < 1.29 is 0 Å². The van der Waals surface area contributed by atoms with Crippen LogP contribution >= 0.6 is 0 Å². The van der Waals surface area contributed by atoms with Gasteiger partial charge in [-0.1, -0.05) is 0 Å². The molecule has 2 atom stereocenters. The molecule has 2 fully saturated rings. The van der Waals surface area contributed by atoms with E-state index < -0.39 is 0 Å². The lowest BCUT2D eigenvalue weighted by molar-refractivity contribution is 0.205. The van der Waals surface area contributed by atoms with Gasteiger partial charge in [-0.05, 0) is 46.6 Å². The van der Waals surface area contributed by atoms with Crippen molar-refractivity contribution in [3.63, 3.8) is 0 Å². The number of nitrogens with one attached hydrogen (secondary N) is 1. The summed E-state index contributed by atoms with van der Waals surface area (Å²) in [4.78, 5) is 7.59. The fraction of sp³-hybridized carbons (Fsp3) is 1.00. The highest BCUT2D eigenvalue weighted by atomic mass is 15.2. The summed E-state index contributed by atoms with van der Waals surface area (Å²) >= 11 is 0. The Balaban J connectivity index is 1.97. The van der Waals surface area contributed by atoms with Crippen LogP contribution in [0.5, 0.6) is 0 Å². The maximum atomic E-state index is 3.72. The lowest BCUT2D eigenvalue weighted by Crippen LogP contribution is -2.46. The smallest absolute Gasteiger partial charge is 0.0207 e. The molecule has 2 aliphatic heterocycles. The van der Waals surface area contributed by atoms with E-state index in [9.17, 15) is 0 Å². The van der Waals surface area contributed by atoms with Crippen LogP contribution in [0.15, 0.2) is 0 Å². The Hall–Kier alpha value is -0.160. The van der Waals surface area contributed by atoms with Gasteiger partial charge < -0.3 is 20.0 Å². The van der Waals surface area contributed by atoms with Gasteiger partial charge in [0.25, 0.3) is 0 Å². The summed E-state index contributed by atoms with van der Waals surface area (Å²) in [6, 6.07) is 0.673. The van der Waals surface area contributed by atoms with E-state index in [0.29, 0.717) is 6.04 Å². The molecule has 0 saturated carbocycles. The van der Waals surface area contributed by atoms with Crippen molar-refractivity contribution in [2.75, 3.05) is 66.5 Å². The van der Waals surface area contributed by atoms with Gasteiger partial charge in [-0.15, -0.1) is 0 Å². The SMILES string of the molecule is CN1CCNC2CCN(CCCN(C)C2)CC1. The van der Waals surface area contributed by atoms with E-state index in [2.05, 4.69) is 34.1 Å². The summed E-state index contributed by atoms with van der Waals surface area (Å²) in [6.07, 6.45) is 2.61. The molecule has 0 radical (unpaired) electrons. The van der Waals surface area contributed by atoms with E-state index in [0.717, 1.165) is 6.54 Å². The molecule has 2 rings (SSSR count). The molecular weight excluding hydrogens is 212 g/mol. The van der Waals surface area contributed by atoms with Crippen molar-refractivity contribution in [1.29, 1.82) is 0 Å². The Labute approximate surface area is 106 Å². The molecule has 0 aromatic rings. The van der Waals surface area contributed by atoms with Crippen LogP contribution in [-0.4, -0.2) is 87.2 Å². The molecule has 0 aromatic carbocycles. The van der Waals surface area contributed by atoms with Crippen LogP contribution in [-0.2, 0) is 0 Å². The third-order valence-electron chi connectivity index (χ3n) is 4.06. The maximum Gasteiger partial charge on any atom is 0.0207 e. The minimum absolute atomic E-state index is 0.673. The first-order chi connectivity index (χ1) is 8.24. The number of hydrogen-bond acceptors (Lipinski definition) is 4. The molecule has 0 spiro atoms. The lowest BCUT2D eigenvalue weighted by atomic mass is 10.1. The monoisotopic (exact) mass is 240 g/mol. The van der Waals surface area contributed by atoms with Crippen LogP contribution in [0.4, 0.5) is 0 Å². The third kappa shape index (κ3) is 4.54. The van der Waals surface area contributed by atoms with E-state index in [4.69, 9.17) is 0 Å². The second-order valence-corrected chi connectivity index (χ2v) is 5.70. The van der Waals surface area contributed by atoms with E-state index in [1.807, 2.05) is 0 Å².